The number of nitro groups is 1. The van der Waals surface area contributed by atoms with Gasteiger partial charge in [-0.2, -0.15) is 5.10 Å². The normalized spacial score (nSPS) is 15.0. The number of hydrogen-bond donors (Lipinski definition) is 4. The van der Waals surface area contributed by atoms with E-state index in [1.165, 1.54) is 25.5 Å². The van der Waals surface area contributed by atoms with Gasteiger partial charge in [-0.3, -0.25) is 15.5 Å². The molecule has 0 aromatic heterocycles. The van der Waals surface area contributed by atoms with Gasteiger partial charge in [-0.15, -0.1) is 0 Å². The maximum atomic E-state index is 12.5. The summed E-state index contributed by atoms with van der Waals surface area (Å²) in [5.41, 5.74) is 5.08. The van der Waals surface area contributed by atoms with Gasteiger partial charge in [0.2, 0.25) is 0 Å². The van der Waals surface area contributed by atoms with Crippen LogP contribution in [0.2, 0.25) is 0 Å². The molecule has 248 valence electrons. The molecule has 47 heavy (non-hydrogen) atoms. The van der Waals surface area contributed by atoms with E-state index in [1.807, 2.05) is 0 Å². The first-order chi connectivity index (χ1) is 22.5. The second-order valence-electron chi connectivity index (χ2n) is 9.93. The Hall–Kier alpha value is -4.67. The second-order valence-corrected chi connectivity index (χ2v) is 11.7. The Kier molecular flexibility index (Phi) is 12.2. The highest BCUT2D eigenvalue weighted by Crippen LogP contribution is 2.35. The highest BCUT2D eigenvalue weighted by atomic mass is 79.9. The standard InChI is InChI=1S/C31H31Br2N5O9/c1-4-45-25-12-19(28-27(30(40)44-3)17(2)35-31(41)36-28)7-10-24(25)46-16-26(39)37-34-14-20-11-21(32)13-23(33)29(20)47-15-18-5-8-22(9-6-18)38(42)43/h5-14,26,28,37,39H,4,15-16H2,1-3H3,(H2,35,36,41)/b34-14+/t26-,28+/m1/s1. The lowest BCUT2D eigenvalue weighted by Gasteiger charge is -2.28. The van der Waals surface area contributed by atoms with E-state index in [9.17, 15) is 24.8 Å². The van der Waals surface area contributed by atoms with Crippen LogP contribution in [0, 0.1) is 10.1 Å². The van der Waals surface area contributed by atoms with Crippen LogP contribution in [0.4, 0.5) is 10.5 Å². The summed E-state index contributed by atoms with van der Waals surface area (Å²) in [6, 6.07) is 13.3. The molecule has 2 atom stereocenters. The molecule has 1 aliphatic rings. The van der Waals surface area contributed by atoms with E-state index in [2.05, 4.69) is 53.0 Å². The third-order valence-electron chi connectivity index (χ3n) is 6.67. The summed E-state index contributed by atoms with van der Waals surface area (Å²) >= 11 is 6.93. The number of benzene rings is 3. The van der Waals surface area contributed by atoms with Gasteiger partial charge >= 0.3 is 12.0 Å². The predicted octanol–water partition coefficient (Wildman–Crippen LogP) is 5.22. The number of aliphatic hydroxyl groups is 1. The largest absolute Gasteiger partial charge is 0.490 e. The van der Waals surface area contributed by atoms with Crippen molar-refractivity contribution in [1.82, 2.24) is 16.1 Å². The van der Waals surface area contributed by atoms with Crippen molar-refractivity contribution in [3.8, 4) is 17.2 Å². The number of hydrogen-bond acceptors (Lipinski definition) is 11. The minimum Gasteiger partial charge on any atom is -0.490 e. The van der Waals surface area contributed by atoms with E-state index in [0.29, 0.717) is 45.2 Å². The SMILES string of the molecule is CCOc1cc([C@@H]2NC(=O)NC(C)=C2C(=O)OC)ccc1OC[C@@H](O)N/N=C/c1cc(Br)cc(Br)c1OCc1ccc([N+](=O)[O-])cc1. The van der Waals surface area contributed by atoms with Crippen LogP contribution in [0.25, 0.3) is 0 Å². The topological polar surface area (TPSA) is 183 Å². The average Bonchev–Trinajstić information content (AvgIpc) is 3.03. The van der Waals surface area contributed by atoms with Crippen molar-refractivity contribution in [2.24, 2.45) is 5.10 Å². The molecule has 14 nitrogen and oxygen atoms in total. The van der Waals surface area contributed by atoms with Crippen LogP contribution in [0.15, 0.2) is 79.9 Å². The molecule has 0 spiro atoms. The molecule has 1 heterocycles. The molecule has 4 N–H and O–H groups in total. The number of allylic oxidation sites excluding steroid dienone is 1. The molecule has 0 saturated carbocycles. The van der Waals surface area contributed by atoms with Gasteiger partial charge in [0.25, 0.3) is 5.69 Å². The van der Waals surface area contributed by atoms with E-state index in [1.54, 1.807) is 56.3 Å². The number of urea groups is 1. The molecule has 0 radical (unpaired) electrons. The lowest BCUT2D eigenvalue weighted by Crippen LogP contribution is -2.45. The number of aliphatic hydroxyl groups excluding tert-OH is 1. The van der Waals surface area contributed by atoms with Crippen molar-refractivity contribution < 1.29 is 38.6 Å². The second kappa shape index (κ2) is 16.2. The van der Waals surface area contributed by atoms with Gasteiger partial charge in [0.1, 0.15) is 19.0 Å². The van der Waals surface area contributed by atoms with E-state index in [-0.39, 0.29) is 24.5 Å². The average molecular weight is 777 g/mol. The monoisotopic (exact) mass is 775 g/mol. The van der Waals surface area contributed by atoms with Crippen LogP contribution in [0.1, 0.15) is 36.6 Å². The maximum absolute atomic E-state index is 12.5. The first-order valence-corrected chi connectivity index (χ1v) is 15.7. The number of non-ortho nitro benzene ring substituents is 1. The zero-order valence-corrected chi connectivity index (χ0v) is 28.6. The number of rotatable bonds is 14. The summed E-state index contributed by atoms with van der Waals surface area (Å²) < 4.78 is 23.8. The molecule has 0 saturated heterocycles. The predicted molar refractivity (Wildman–Crippen MR) is 178 cm³/mol. The van der Waals surface area contributed by atoms with Gasteiger partial charge in [-0.1, -0.05) is 22.0 Å². The Labute approximate surface area is 286 Å². The molecule has 2 amide bonds. The molecule has 0 unspecified atom stereocenters. The minimum atomic E-state index is -1.22. The van der Waals surface area contributed by atoms with E-state index in [0.717, 1.165) is 10.0 Å². The fourth-order valence-electron chi connectivity index (χ4n) is 4.51. The molecule has 3 aromatic carbocycles. The molecule has 0 bridgehead atoms. The van der Waals surface area contributed by atoms with Gasteiger partial charge in [-0.25, -0.2) is 9.59 Å². The Morgan fingerprint density at radius 3 is 2.55 bits per heavy atom. The quantitative estimate of drug-likeness (QED) is 0.0557. The Balaban J connectivity index is 1.42. The van der Waals surface area contributed by atoms with Crippen molar-refractivity contribution >= 4 is 55.8 Å². The Bertz CT molecular complexity index is 1700. The zero-order chi connectivity index (χ0) is 34.1. The summed E-state index contributed by atoms with van der Waals surface area (Å²) in [6.45, 7) is 3.65. The maximum Gasteiger partial charge on any atom is 0.337 e. The smallest absolute Gasteiger partial charge is 0.337 e. The summed E-state index contributed by atoms with van der Waals surface area (Å²) in [6.07, 6.45) is 0.243. The number of esters is 1. The molecule has 3 aromatic rings. The number of nitrogens with zero attached hydrogens (tertiary/aromatic N) is 2. The zero-order valence-electron chi connectivity index (χ0n) is 25.4. The molecule has 16 heteroatoms. The summed E-state index contributed by atoms with van der Waals surface area (Å²) in [4.78, 5) is 35.1. The fraction of sp³-hybridized carbons (Fsp3) is 0.258. The van der Waals surface area contributed by atoms with Crippen molar-refractivity contribution in [1.29, 1.82) is 0 Å². The minimum absolute atomic E-state index is 0.0138. The van der Waals surface area contributed by atoms with Crippen molar-refractivity contribution in [3.63, 3.8) is 0 Å². The first-order valence-electron chi connectivity index (χ1n) is 14.1. The highest BCUT2D eigenvalue weighted by molar-refractivity contribution is 9.11. The molecule has 4 rings (SSSR count). The number of nitrogens with one attached hydrogen (secondary N) is 3. The molecular formula is C31H31Br2N5O9. The number of halogens is 2. The molecule has 1 aliphatic heterocycles. The van der Waals surface area contributed by atoms with Gasteiger partial charge in [-0.05, 0) is 77.3 Å². The third-order valence-corrected chi connectivity index (χ3v) is 7.71. The fourth-order valence-corrected chi connectivity index (χ4v) is 5.89. The van der Waals surface area contributed by atoms with Gasteiger partial charge in [0.15, 0.2) is 17.7 Å². The summed E-state index contributed by atoms with van der Waals surface area (Å²) in [7, 11) is 1.26. The number of carbonyl (C=O) groups excluding carboxylic acids is 2. The van der Waals surface area contributed by atoms with Crippen LogP contribution >= 0.6 is 31.9 Å². The first kappa shape index (κ1) is 35.2. The number of carbonyl (C=O) groups is 2. The molecule has 0 fully saturated rings. The molecular weight excluding hydrogens is 746 g/mol. The van der Waals surface area contributed by atoms with E-state index < -0.39 is 29.2 Å². The number of methoxy groups -OCH3 is 1. The van der Waals surface area contributed by atoms with E-state index in [4.69, 9.17) is 18.9 Å². The Morgan fingerprint density at radius 1 is 1.13 bits per heavy atom. The number of amides is 2. The van der Waals surface area contributed by atoms with Crippen LogP contribution in [-0.4, -0.2) is 54.8 Å². The lowest BCUT2D eigenvalue weighted by atomic mass is 9.95. The van der Waals surface area contributed by atoms with Crippen LogP contribution in [0.5, 0.6) is 17.2 Å². The van der Waals surface area contributed by atoms with Gasteiger partial charge in [0.05, 0.1) is 40.9 Å². The third kappa shape index (κ3) is 9.21. The van der Waals surface area contributed by atoms with Gasteiger partial charge < -0.3 is 34.7 Å². The van der Waals surface area contributed by atoms with Crippen LogP contribution in [0.3, 0.4) is 0 Å². The van der Waals surface area contributed by atoms with Crippen molar-refractivity contribution in [2.45, 2.75) is 32.7 Å². The van der Waals surface area contributed by atoms with Crippen LogP contribution < -0.4 is 30.3 Å². The lowest BCUT2D eigenvalue weighted by molar-refractivity contribution is -0.384. The molecule has 0 aliphatic carbocycles. The number of ether oxygens (including phenoxy) is 4. The van der Waals surface area contributed by atoms with Crippen molar-refractivity contribution in [3.05, 3.63) is 102 Å². The number of hydrazone groups is 1. The van der Waals surface area contributed by atoms with Crippen molar-refractivity contribution in [2.75, 3.05) is 20.3 Å². The van der Waals surface area contributed by atoms with E-state index >= 15 is 0 Å². The Morgan fingerprint density at radius 2 is 1.87 bits per heavy atom. The highest BCUT2D eigenvalue weighted by Gasteiger charge is 2.32. The summed E-state index contributed by atoms with van der Waals surface area (Å²) in [5.74, 6) is 0.532. The summed E-state index contributed by atoms with van der Waals surface area (Å²) in [5, 5.41) is 30.9. The van der Waals surface area contributed by atoms with Gasteiger partial charge in [0, 0.05) is 27.9 Å². The van der Waals surface area contributed by atoms with Crippen LogP contribution in [-0.2, 0) is 16.1 Å². The number of nitro benzene ring substituents is 1.